The number of anilines is 6. The minimum Gasteiger partial charge on any atom is -0.495 e. The number of carbonyl (C=O) groups excluding carboxylic acids is 2. The van der Waals surface area contributed by atoms with Gasteiger partial charge in [-0.25, -0.2) is 14.8 Å². The molecule has 1 aromatic heterocycles. The first kappa shape index (κ1) is 33.1. The molecule has 3 amide bonds. The number of hydrogen-bond acceptors (Lipinski definition) is 9. The van der Waals surface area contributed by atoms with E-state index in [1.807, 2.05) is 18.2 Å². The summed E-state index contributed by atoms with van der Waals surface area (Å²) in [6, 6.07) is 8.44. The molecule has 0 saturated carbocycles. The number of aromatic nitrogens is 2. The Morgan fingerprint density at radius 3 is 2.30 bits per heavy atom. The topological polar surface area (TPSA) is 124 Å². The van der Waals surface area contributed by atoms with Crippen LogP contribution in [0.4, 0.5) is 39.2 Å². The van der Waals surface area contributed by atoms with Crippen molar-refractivity contribution >= 4 is 69.5 Å². The van der Waals surface area contributed by atoms with Gasteiger partial charge in [0.15, 0.2) is 0 Å². The number of likely N-dealkylation sites (tertiary alicyclic amines) is 1. The molecule has 1 spiro atoms. The molecule has 2 aromatic carbocycles. The molecule has 2 saturated heterocycles. The van der Waals surface area contributed by atoms with Gasteiger partial charge in [0.05, 0.1) is 31.3 Å². The van der Waals surface area contributed by atoms with Gasteiger partial charge in [-0.15, -0.1) is 0 Å². The summed E-state index contributed by atoms with van der Waals surface area (Å²) in [5, 5.41) is 9.09. The number of rotatable bonds is 10. The van der Waals surface area contributed by atoms with Crippen molar-refractivity contribution in [2.75, 3.05) is 79.7 Å². The molecule has 12 nitrogen and oxygen atoms in total. The number of halogens is 2. The van der Waals surface area contributed by atoms with Crippen LogP contribution in [0.25, 0.3) is 0 Å². The van der Waals surface area contributed by atoms with Crippen molar-refractivity contribution < 1.29 is 19.1 Å². The first-order chi connectivity index (χ1) is 22.1. The Kier molecular flexibility index (Phi) is 10.1. The Bertz CT molecular complexity index is 1590. The Morgan fingerprint density at radius 1 is 1.02 bits per heavy atom. The minimum atomic E-state index is -0.570. The zero-order valence-electron chi connectivity index (χ0n) is 26.3. The van der Waals surface area contributed by atoms with E-state index in [0.717, 1.165) is 38.4 Å². The highest BCUT2D eigenvalue weighted by atomic mass is 35.5. The van der Waals surface area contributed by atoms with Crippen LogP contribution in [-0.2, 0) is 4.79 Å². The van der Waals surface area contributed by atoms with Crippen molar-refractivity contribution in [3.05, 3.63) is 59.4 Å². The average molecular weight is 670 g/mol. The largest absolute Gasteiger partial charge is 0.495 e. The monoisotopic (exact) mass is 668 g/mol. The quantitative estimate of drug-likeness (QED) is 0.215. The fraction of sp³-hybridized carbons (Fsp3) is 0.375. The summed E-state index contributed by atoms with van der Waals surface area (Å²) in [7, 11) is 4.43. The second-order valence-electron chi connectivity index (χ2n) is 11.4. The molecule has 0 bridgehead atoms. The molecule has 0 atom stereocenters. The SMILES string of the molecule is C=CC(=O)Nc1cc(N2CC3(CCN(CC)CC3)C2)ccc1Nc1cc(N(C)C(=O)Nc2c(Cl)c(OC)cc(OC)c2Cl)ncn1. The molecule has 0 radical (unpaired) electrons. The number of methoxy groups -OCH3 is 2. The van der Waals surface area contributed by atoms with E-state index in [1.54, 1.807) is 6.07 Å². The van der Waals surface area contributed by atoms with E-state index in [2.05, 4.69) is 49.2 Å². The number of urea groups is 1. The Hall–Kier alpha value is -4.26. The van der Waals surface area contributed by atoms with Gasteiger partial charge in [0.2, 0.25) is 5.91 Å². The maximum Gasteiger partial charge on any atom is 0.327 e. The third-order valence-corrected chi connectivity index (χ3v) is 9.35. The maximum absolute atomic E-state index is 13.2. The summed E-state index contributed by atoms with van der Waals surface area (Å²) in [5.41, 5.74) is 2.71. The minimum absolute atomic E-state index is 0.118. The van der Waals surface area contributed by atoms with Gasteiger partial charge in [0, 0.05) is 43.4 Å². The summed E-state index contributed by atoms with van der Waals surface area (Å²) in [6.45, 7) is 11.2. The van der Waals surface area contributed by atoms with Crippen molar-refractivity contribution in [2.45, 2.75) is 19.8 Å². The Balaban J connectivity index is 1.32. The summed E-state index contributed by atoms with van der Waals surface area (Å²) in [4.78, 5) is 40.3. The number of ether oxygens (including phenoxy) is 2. The molecule has 2 fully saturated rings. The van der Waals surface area contributed by atoms with Gasteiger partial charge in [-0.1, -0.05) is 36.7 Å². The lowest BCUT2D eigenvalue weighted by Crippen LogP contribution is -2.60. The number of benzene rings is 2. The fourth-order valence-electron chi connectivity index (χ4n) is 5.76. The lowest BCUT2D eigenvalue weighted by atomic mass is 9.71. The lowest BCUT2D eigenvalue weighted by molar-refractivity contribution is -0.111. The van der Waals surface area contributed by atoms with E-state index in [4.69, 9.17) is 32.7 Å². The van der Waals surface area contributed by atoms with Crippen molar-refractivity contribution in [2.24, 2.45) is 5.41 Å². The van der Waals surface area contributed by atoms with Crippen LogP contribution in [0, 0.1) is 5.41 Å². The third kappa shape index (κ3) is 6.93. The van der Waals surface area contributed by atoms with Crippen LogP contribution < -0.4 is 35.2 Å². The summed E-state index contributed by atoms with van der Waals surface area (Å²) in [5.74, 6) is 0.913. The highest BCUT2D eigenvalue weighted by Gasteiger charge is 2.44. The molecule has 3 heterocycles. The maximum atomic E-state index is 13.2. The second-order valence-corrected chi connectivity index (χ2v) is 12.1. The van der Waals surface area contributed by atoms with Crippen molar-refractivity contribution in [3.8, 4) is 11.5 Å². The van der Waals surface area contributed by atoms with E-state index in [-0.39, 0.29) is 39.0 Å². The van der Waals surface area contributed by atoms with Crippen LogP contribution in [0.1, 0.15) is 19.8 Å². The normalized spacial score (nSPS) is 15.5. The lowest BCUT2D eigenvalue weighted by Gasteiger charge is -2.55. The number of carbonyl (C=O) groups is 2. The first-order valence-electron chi connectivity index (χ1n) is 14.9. The molecule has 5 rings (SSSR count). The van der Waals surface area contributed by atoms with Gasteiger partial charge in [-0.2, -0.15) is 0 Å². The van der Waals surface area contributed by atoms with Gasteiger partial charge >= 0.3 is 6.03 Å². The highest BCUT2D eigenvalue weighted by molar-refractivity contribution is 6.41. The number of hydrogen-bond donors (Lipinski definition) is 3. The molecule has 244 valence electrons. The second kappa shape index (κ2) is 14.0. The molecule has 3 aromatic rings. The Labute approximate surface area is 278 Å². The predicted molar refractivity (Wildman–Crippen MR) is 184 cm³/mol. The molecule has 14 heteroatoms. The number of nitrogens with one attached hydrogen (secondary N) is 3. The van der Waals surface area contributed by atoms with Crippen LogP contribution in [0.5, 0.6) is 11.5 Å². The van der Waals surface area contributed by atoms with Crippen LogP contribution in [0.3, 0.4) is 0 Å². The van der Waals surface area contributed by atoms with Crippen molar-refractivity contribution in [1.82, 2.24) is 14.9 Å². The molecular formula is C32H38Cl2N8O4. The molecule has 2 aliphatic rings. The van der Waals surface area contributed by atoms with Gasteiger partial charge in [0.25, 0.3) is 0 Å². The zero-order valence-corrected chi connectivity index (χ0v) is 27.8. The molecule has 0 unspecified atom stereocenters. The number of piperidine rings is 1. The van der Waals surface area contributed by atoms with Crippen LogP contribution >= 0.6 is 23.2 Å². The standard InChI is InChI=1S/C32H38Cl2N8O4/c1-6-27(43)38-22-14-20(42-17-32(18-42)10-12-41(7-2)13-11-32)8-9-21(22)37-25-16-26(36-19-35-25)40(3)31(44)39-30-28(33)23(45-4)15-24(46-5)29(30)34/h6,8-9,14-16,19H,1,7,10-13,17-18H2,2-5H3,(H,38,43)(H,39,44)(H,35,36,37). The van der Waals surface area contributed by atoms with E-state index in [1.165, 1.54) is 57.5 Å². The van der Waals surface area contributed by atoms with E-state index < -0.39 is 6.03 Å². The van der Waals surface area contributed by atoms with Gasteiger partial charge in [-0.05, 0) is 56.8 Å². The summed E-state index contributed by atoms with van der Waals surface area (Å²) >= 11 is 12.9. The first-order valence-corrected chi connectivity index (χ1v) is 15.6. The van der Waals surface area contributed by atoms with E-state index >= 15 is 0 Å². The van der Waals surface area contributed by atoms with Crippen molar-refractivity contribution in [1.29, 1.82) is 0 Å². The molecule has 46 heavy (non-hydrogen) atoms. The average Bonchev–Trinajstić information content (AvgIpc) is 3.06. The van der Waals surface area contributed by atoms with Crippen LogP contribution in [0.15, 0.2) is 49.3 Å². The van der Waals surface area contributed by atoms with Gasteiger partial charge < -0.3 is 35.2 Å². The molecule has 2 aliphatic heterocycles. The highest BCUT2D eigenvalue weighted by Crippen LogP contribution is 2.45. The van der Waals surface area contributed by atoms with Gasteiger partial charge in [0.1, 0.15) is 39.5 Å². The van der Waals surface area contributed by atoms with Crippen LogP contribution in [-0.4, -0.2) is 80.8 Å². The predicted octanol–water partition coefficient (Wildman–Crippen LogP) is 6.26. The molecular weight excluding hydrogens is 631 g/mol. The Morgan fingerprint density at radius 2 is 1.70 bits per heavy atom. The van der Waals surface area contributed by atoms with E-state index in [0.29, 0.717) is 22.6 Å². The summed E-state index contributed by atoms with van der Waals surface area (Å²) < 4.78 is 10.6. The molecule has 0 aliphatic carbocycles. The zero-order chi connectivity index (χ0) is 33.0. The van der Waals surface area contributed by atoms with Gasteiger partial charge in [-0.3, -0.25) is 9.69 Å². The number of nitrogens with zero attached hydrogens (tertiary/aromatic N) is 5. The summed E-state index contributed by atoms with van der Waals surface area (Å²) in [6.07, 6.45) is 4.96. The third-order valence-electron chi connectivity index (χ3n) is 8.60. The van der Waals surface area contributed by atoms with Crippen molar-refractivity contribution in [3.63, 3.8) is 0 Å². The van der Waals surface area contributed by atoms with E-state index in [9.17, 15) is 9.59 Å². The van der Waals surface area contributed by atoms with Crippen LogP contribution in [0.2, 0.25) is 10.0 Å². The smallest absolute Gasteiger partial charge is 0.327 e. The molecule has 3 N–H and O–H groups in total. The number of amides is 3. The fourth-order valence-corrected chi connectivity index (χ4v) is 6.35.